The van der Waals surface area contributed by atoms with Crippen molar-refractivity contribution in [2.45, 2.75) is 12.5 Å². The van der Waals surface area contributed by atoms with Crippen LogP contribution in [0.25, 0.3) is 22.0 Å². The minimum absolute atomic E-state index is 0.0493. The van der Waals surface area contributed by atoms with Gasteiger partial charge in [0, 0.05) is 35.3 Å². The number of hydrogen-bond donors (Lipinski definition) is 2. The van der Waals surface area contributed by atoms with Crippen molar-refractivity contribution in [2.24, 2.45) is 5.73 Å². The van der Waals surface area contributed by atoms with E-state index >= 15 is 0 Å². The minimum Gasteiger partial charge on any atom is -0.488 e. The molecule has 0 spiro atoms. The lowest BCUT2D eigenvalue weighted by Crippen LogP contribution is -2.24. The monoisotopic (exact) mass is 298 g/mol. The lowest BCUT2D eigenvalue weighted by atomic mass is 9.99. The van der Waals surface area contributed by atoms with Crippen LogP contribution < -0.4 is 10.5 Å². The number of fused-ring (bicyclic) bond motifs is 2. The maximum Gasteiger partial charge on any atom is 0.131 e. The van der Waals surface area contributed by atoms with E-state index in [-0.39, 0.29) is 6.10 Å². The molecule has 3 aromatic rings. The Balaban J connectivity index is 1.88. The highest BCUT2D eigenvalue weighted by molar-refractivity contribution is 6.31. The number of halogens is 1. The molecule has 0 saturated carbocycles. The topological polar surface area (TPSA) is 51.0 Å². The average Bonchev–Trinajstić information content (AvgIpc) is 3.11. The molecule has 1 aliphatic heterocycles. The van der Waals surface area contributed by atoms with E-state index in [1.807, 2.05) is 18.3 Å². The molecule has 1 aliphatic rings. The lowest BCUT2D eigenvalue weighted by Gasteiger charge is -2.11. The van der Waals surface area contributed by atoms with Crippen molar-refractivity contribution < 1.29 is 4.74 Å². The summed E-state index contributed by atoms with van der Waals surface area (Å²) in [6.45, 7) is 0.516. The van der Waals surface area contributed by atoms with E-state index < -0.39 is 0 Å². The molecular weight excluding hydrogens is 284 g/mol. The first-order chi connectivity index (χ1) is 10.2. The molecule has 1 aromatic heterocycles. The number of H-pyrrole nitrogens is 1. The third-order valence-electron chi connectivity index (χ3n) is 3.99. The van der Waals surface area contributed by atoms with Crippen molar-refractivity contribution in [3.8, 4) is 16.9 Å². The van der Waals surface area contributed by atoms with Gasteiger partial charge in [0.1, 0.15) is 11.9 Å². The van der Waals surface area contributed by atoms with Crippen LogP contribution >= 0.6 is 11.6 Å². The van der Waals surface area contributed by atoms with Crippen molar-refractivity contribution in [2.75, 3.05) is 6.54 Å². The molecule has 0 saturated heterocycles. The predicted octanol–water partition coefficient (Wildman–Crippen LogP) is 3.75. The minimum atomic E-state index is 0.0493. The van der Waals surface area contributed by atoms with Crippen molar-refractivity contribution in [3.63, 3.8) is 0 Å². The van der Waals surface area contributed by atoms with Crippen molar-refractivity contribution in [3.05, 3.63) is 53.2 Å². The Morgan fingerprint density at radius 1 is 1.24 bits per heavy atom. The summed E-state index contributed by atoms with van der Waals surface area (Å²) in [5.41, 5.74) is 10.2. The lowest BCUT2D eigenvalue weighted by molar-refractivity contribution is 0.242. The van der Waals surface area contributed by atoms with Gasteiger partial charge in [0.2, 0.25) is 0 Å². The zero-order valence-electron chi connectivity index (χ0n) is 11.4. The van der Waals surface area contributed by atoms with Gasteiger partial charge in [-0.05, 0) is 46.8 Å². The second-order valence-electron chi connectivity index (χ2n) is 5.40. The van der Waals surface area contributed by atoms with Gasteiger partial charge in [-0.15, -0.1) is 0 Å². The number of hydrogen-bond acceptors (Lipinski definition) is 2. The van der Waals surface area contributed by atoms with Gasteiger partial charge in [0.05, 0.1) is 0 Å². The summed E-state index contributed by atoms with van der Waals surface area (Å²) in [4.78, 5) is 3.20. The smallest absolute Gasteiger partial charge is 0.131 e. The number of aromatic nitrogens is 1. The van der Waals surface area contributed by atoms with E-state index in [2.05, 4.69) is 29.2 Å². The first-order valence-electron chi connectivity index (χ1n) is 7.01. The molecule has 1 atom stereocenters. The fourth-order valence-electron chi connectivity index (χ4n) is 2.96. The summed E-state index contributed by atoms with van der Waals surface area (Å²) in [6, 6.07) is 12.3. The van der Waals surface area contributed by atoms with Crippen molar-refractivity contribution >= 4 is 22.5 Å². The molecule has 0 radical (unpaired) electrons. The van der Waals surface area contributed by atoms with E-state index in [4.69, 9.17) is 22.1 Å². The first kappa shape index (κ1) is 12.7. The molecule has 4 rings (SSSR count). The Labute approximate surface area is 127 Å². The molecule has 2 heterocycles. The van der Waals surface area contributed by atoms with Gasteiger partial charge in [-0.25, -0.2) is 0 Å². The molecular formula is C17H15ClN2O. The molecule has 21 heavy (non-hydrogen) atoms. The summed E-state index contributed by atoms with van der Waals surface area (Å²) in [7, 11) is 0. The summed E-state index contributed by atoms with van der Waals surface area (Å²) in [6.07, 6.45) is 2.82. The third kappa shape index (κ3) is 2.09. The molecule has 3 N–H and O–H groups in total. The average molecular weight is 299 g/mol. The Bertz CT molecular complexity index is 825. The molecule has 106 valence electrons. The van der Waals surface area contributed by atoms with Gasteiger partial charge in [-0.1, -0.05) is 17.7 Å². The van der Waals surface area contributed by atoms with Gasteiger partial charge >= 0.3 is 0 Å². The second kappa shape index (κ2) is 4.79. The van der Waals surface area contributed by atoms with E-state index in [1.165, 1.54) is 5.39 Å². The highest BCUT2D eigenvalue weighted by Gasteiger charge is 2.25. The standard InChI is InChI=1S/C17H15ClN2O/c18-13-6-12-7-14(9-19)21-17(12)15(8-13)10-1-2-16-11(5-10)3-4-20-16/h1-6,8,14,20H,7,9,19H2. The third-order valence-corrected chi connectivity index (χ3v) is 4.21. The Hall–Kier alpha value is -1.97. The zero-order chi connectivity index (χ0) is 14.4. The molecule has 3 nitrogen and oxygen atoms in total. The largest absolute Gasteiger partial charge is 0.488 e. The summed E-state index contributed by atoms with van der Waals surface area (Å²) >= 11 is 6.27. The number of benzene rings is 2. The predicted molar refractivity (Wildman–Crippen MR) is 85.9 cm³/mol. The van der Waals surface area contributed by atoms with Crippen LogP contribution in [-0.4, -0.2) is 17.6 Å². The molecule has 0 fully saturated rings. The highest BCUT2D eigenvalue weighted by atomic mass is 35.5. The van der Waals surface area contributed by atoms with Gasteiger partial charge in [0.25, 0.3) is 0 Å². The summed E-state index contributed by atoms with van der Waals surface area (Å²) < 4.78 is 6.00. The van der Waals surface area contributed by atoms with Crippen LogP contribution in [0.5, 0.6) is 5.75 Å². The number of rotatable bonds is 2. The Kier molecular flexibility index (Phi) is 2.91. The number of aromatic amines is 1. The summed E-state index contributed by atoms with van der Waals surface area (Å²) in [5.74, 6) is 0.921. The van der Waals surface area contributed by atoms with E-state index in [0.717, 1.165) is 39.4 Å². The van der Waals surface area contributed by atoms with Crippen LogP contribution in [0.1, 0.15) is 5.56 Å². The quantitative estimate of drug-likeness (QED) is 0.757. The van der Waals surface area contributed by atoms with Gasteiger partial charge in [-0.2, -0.15) is 0 Å². The Morgan fingerprint density at radius 3 is 3.00 bits per heavy atom. The van der Waals surface area contributed by atoms with Crippen molar-refractivity contribution in [1.29, 1.82) is 0 Å². The molecule has 0 aliphatic carbocycles. The molecule has 4 heteroatoms. The number of nitrogens with two attached hydrogens (primary N) is 1. The molecule has 0 bridgehead atoms. The van der Waals surface area contributed by atoms with Crippen LogP contribution in [0.2, 0.25) is 5.02 Å². The summed E-state index contributed by atoms with van der Waals surface area (Å²) in [5, 5.41) is 1.91. The van der Waals surface area contributed by atoms with Gasteiger partial charge in [-0.3, -0.25) is 0 Å². The van der Waals surface area contributed by atoms with Crippen molar-refractivity contribution in [1.82, 2.24) is 4.98 Å². The first-order valence-corrected chi connectivity index (χ1v) is 7.39. The van der Waals surface area contributed by atoms with Gasteiger partial charge < -0.3 is 15.5 Å². The van der Waals surface area contributed by atoms with Crippen LogP contribution in [0.15, 0.2) is 42.6 Å². The van der Waals surface area contributed by atoms with Crippen LogP contribution in [0.3, 0.4) is 0 Å². The van der Waals surface area contributed by atoms with Crippen LogP contribution in [0, 0.1) is 0 Å². The van der Waals surface area contributed by atoms with E-state index in [1.54, 1.807) is 0 Å². The fourth-order valence-corrected chi connectivity index (χ4v) is 3.20. The highest BCUT2D eigenvalue weighted by Crippen LogP contribution is 2.41. The Morgan fingerprint density at radius 2 is 2.14 bits per heavy atom. The zero-order valence-corrected chi connectivity index (χ0v) is 12.2. The second-order valence-corrected chi connectivity index (χ2v) is 5.84. The normalized spacial score (nSPS) is 17.0. The maximum absolute atomic E-state index is 6.27. The van der Waals surface area contributed by atoms with Crippen LogP contribution in [0.4, 0.5) is 0 Å². The van der Waals surface area contributed by atoms with Crippen LogP contribution in [-0.2, 0) is 6.42 Å². The number of ether oxygens (including phenoxy) is 1. The molecule has 1 unspecified atom stereocenters. The fraction of sp³-hybridized carbons (Fsp3) is 0.176. The molecule has 0 amide bonds. The molecule has 2 aromatic carbocycles. The van der Waals surface area contributed by atoms with E-state index in [0.29, 0.717) is 6.54 Å². The SMILES string of the molecule is NCC1Cc2cc(Cl)cc(-c3ccc4[nH]ccc4c3)c2O1. The van der Waals surface area contributed by atoms with E-state index in [9.17, 15) is 0 Å². The maximum atomic E-state index is 6.27. The van der Waals surface area contributed by atoms with Gasteiger partial charge in [0.15, 0.2) is 0 Å². The number of nitrogens with one attached hydrogen (secondary N) is 1.